The van der Waals surface area contributed by atoms with E-state index in [9.17, 15) is 4.79 Å². The van der Waals surface area contributed by atoms with Crippen LogP contribution >= 0.6 is 11.6 Å². The second kappa shape index (κ2) is 6.72. The molecular formula is C13H20ClN5O2. The fourth-order valence-electron chi connectivity index (χ4n) is 3.01. The average Bonchev–Trinajstić information content (AvgIpc) is 3.16. The lowest BCUT2D eigenvalue weighted by Gasteiger charge is -2.27. The first-order chi connectivity index (χ1) is 10.2. The van der Waals surface area contributed by atoms with Crippen molar-refractivity contribution in [2.75, 3.05) is 26.3 Å². The average molecular weight is 314 g/mol. The number of nitrogens with one attached hydrogen (secondary N) is 2. The van der Waals surface area contributed by atoms with Crippen molar-refractivity contribution in [2.24, 2.45) is 0 Å². The second-order valence-electron chi connectivity index (χ2n) is 5.57. The van der Waals surface area contributed by atoms with Crippen LogP contribution in [-0.4, -0.2) is 64.4 Å². The van der Waals surface area contributed by atoms with E-state index in [2.05, 4.69) is 25.4 Å². The molecule has 0 saturated carbocycles. The van der Waals surface area contributed by atoms with Gasteiger partial charge in [-0.2, -0.15) is 0 Å². The highest BCUT2D eigenvalue weighted by molar-refractivity contribution is 6.28. The minimum absolute atomic E-state index is 0.0159. The number of H-pyrrole nitrogens is 1. The van der Waals surface area contributed by atoms with Gasteiger partial charge in [-0.25, -0.2) is 4.98 Å². The molecule has 2 saturated heterocycles. The lowest BCUT2D eigenvalue weighted by Crippen LogP contribution is -2.50. The molecule has 0 unspecified atom stereocenters. The molecule has 7 nitrogen and oxygen atoms in total. The zero-order chi connectivity index (χ0) is 14.7. The molecule has 0 aromatic carbocycles. The summed E-state index contributed by atoms with van der Waals surface area (Å²) in [5, 5.41) is 9.70. The van der Waals surface area contributed by atoms with E-state index in [4.69, 9.17) is 16.3 Å². The Bertz CT molecular complexity index is 489. The molecule has 1 amide bonds. The monoisotopic (exact) mass is 313 g/mol. The Morgan fingerprint density at radius 2 is 2.24 bits per heavy atom. The van der Waals surface area contributed by atoms with Crippen LogP contribution in [0.15, 0.2) is 0 Å². The predicted molar refractivity (Wildman–Crippen MR) is 77.1 cm³/mol. The maximum absolute atomic E-state index is 12.1. The van der Waals surface area contributed by atoms with Crippen LogP contribution < -0.4 is 5.32 Å². The zero-order valence-electron chi connectivity index (χ0n) is 11.8. The van der Waals surface area contributed by atoms with E-state index in [1.165, 1.54) is 12.8 Å². The van der Waals surface area contributed by atoms with Gasteiger partial charge in [-0.3, -0.25) is 14.8 Å². The smallest absolute Gasteiger partial charge is 0.242 e. The molecule has 3 rings (SSSR count). The van der Waals surface area contributed by atoms with Crippen molar-refractivity contribution >= 4 is 17.5 Å². The summed E-state index contributed by atoms with van der Waals surface area (Å²) in [6.45, 7) is 3.53. The Kier molecular flexibility index (Phi) is 4.72. The molecule has 0 bridgehead atoms. The van der Waals surface area contributed by atoms with Gasteiger partial charge in [-0.1, -0.05) is 0 Å². The number of ether oxygens (including phenoxy) is 1. The Hall–Kier alpha value is -1.18. The molecule has 1 aromatic heterocycles. The van der Waals surface area contributed by atoms with Crippen LogP contribution in [0.3, 0.4) is 0 Å². The Labute approximate surface area is 128 Å². The second-order valence-corrected chi connectivity index (χ2v) is 5.91. The Morgan fingerprint density at radius 3 is 2.95 bits per heavy atom. The van der Waals surface area contributed by atoms with Crippen molar-refractivity contribution in [2.45, 2.75) is 37.8 Å². The third kappa shape index (κ3) is 3.72. The van der Waals surface area contributed by atoms with E-state index in [0.717, 1.165) is 13.1 Å². The van der Waals surface area contributed by atoms with Gasteiger partial charge >= 0.3 is 0 Å². The molecular weight excluding hydrogens is 294 g/mol. The zero-order valence-corrected chi connectivity index (χ0v) is 12.6. The normalized spacial score (nSPS) is 26.3. The number of carbonyl (C=O) groups is 1. The number of aromatic amines is 1. The van der Waals surface area contributed by atoms with E-state index in [1.807, 2.05) is 0 Å². The number of hydrogen-bond acceptors (Lipinski definition) is 5. The van der Waals surface area contributed by atoms with Crippen molar-refractivity contribution in [3.8, 4) is 0 Å². The van der Waals surface area contributed by atoms with E-state index in [-0.39, 0.29) is 17.2 Å². The number of halogens is 1. The van der Waals surface area contributed by atoms with Crippen LogP contribution in [0, 0.1) is 0 Å². The summed E-state index contributed by atoms with van der Waals surface area (Å²) in [6.07, 6.45) is 3.36. The largest absolute Gasteiger partial charge is 0.378 e. The van der Waals surface area contributed by atoms with Crippen LogP contribution in [0.2, 0.25) is 5.28 Å². The molecule has 0 radical (unpaired) electrons. The number of amides is 1. The highest BCUT2D eigenvalue weighted by Gasteiger charge is 2.35. The van der Waals surface area contributed by atoms with Crippen LogP contribution in [0.5, 0.6) is 0 Å². The summed E-state index contributed by atoms with van der Waals surface area (Å²) in [6, 6.07) is 0.407. The summed E-state index contributed by atoms with van der Waals surface area (Å²) >= 11 is 5.63. The fourth-order valence-corrected chi connectivity index (χ4v) is 3.15. The first kappa shape index (κ1) is 14.7. The van der Waals surface area contributed by atoms with Crippen LogP contribution in [0.25, 0.3) is 0 Å². The quantitative estimate of drug-likeness (QED) is 0.820. The molecule has 21 heavy (non-hydrogen) atoms. The van der Waals surface area contributed by atoms with Crippen molar-refractivity contribution in [1.29, 1.82) is 0 Å². The summed E-state index contributed by atoms with van der Waals surface area (Å²) in [4.78, 5) is 18.5. The summed E-state index contributed by atoms with van der Waals surface area (Å²) in [7, 11) is 0. The molecule has 2 N–H and O–H groups in total. The van der Waals surface area contributed by atoms with Gasteiger partial charge < -0.3 is 10.1 Å². The maximum atomic E-state index is 12.1. The predicted octanol–water partition coefficient (Wildman–Crippen LogP) is 0.370. The minimum atomic E-state index is 0.0159. The molecule has 2 fully saturated rings. The summed E-state index contributed by atoms with van der Waals surface area (Å²) in [5.74, 6) is 0.649. The fraction of sp³-hybridized carbons (Fsp3) is 0.769. The lowest BCUT2D eigenvalue weighted by atomic mass is 10.1. The van der Waals surface area contributed by atoms with Gasteiger partial charge in [-0.05, 0) is 37.5 Å². The first-order valence-electron chi connectivity index (χ1n) is 7.40. The maximum Gasteiger partial charge on any atom is 0.242 e. The number of aromatic nitrogens is 3. The van der Waals surface area contributed by atoms with Crippen LogP contribution in [0.4, 0.5) is 0 Å². The first-order valence-corrected chi connectivity index (χ1v) is 7.78. The number of likely N-dealkylation sites (tertiary alicyclic amines) is 1. The molecule has 1 aromatic rings. The molecule has 0 spiro atoms. The highest BCUT2D eigenvalue weighted by atomic mass is 35.5. The molecule has 2 aliphatic heterocycles. The molecule has 2 aliphatic rings. The summed E-state index contributed by atoms with van der Waals surface area (Å²) in [5.41, 5.74) is 0. The minimum Gasteiger partial charge on any atom is -0.378 e. The van der Waals surface area contributed by atoms with Gasteiger partial charge in [0, 0.05) is 12.8 Å². The number of carbonyl (C=O) groups excluding carboxylic acids is 1. The number of hydrogen-bond donors (Lipinski definition) is 2. The van der Waals surface area contributed by atoms with Crippen LogP contribution in [-0.2, 0) is 16.0 Å². The van der Waals surface area contributed by atoms with Crippen molar-refractivity contribution in [3.63, 3.8) is 0 Å². The lowest BCUT2D eigenvalue weighted by molar-refractivity contribution is -0.122. The van der Waals surface area contributed by atoms with E-state index in [1.54, 1.807) is 0 Å². The van der Waals surface area contributed by atoms with Gasteiger partial charge in [0.05, 0.1) is 25.3 Å². The topological polar surface area (TPSA) is 83.1 Å². The molecule has 116 valence electrons. The molecule has 0 aliphatic carbocycles. The molecule has 3 heterocycles. The van der Waals surface area contributed by atoms with Gasteiger partial charge in [0.1, 0.15) is 5.82 Å². The van der Waals surface area contributed by atoms with Crippen molar-refractivity contribution < 1.29 is 9.53 Å². The number of nitrogens with zero attached hydrogens (tertiary/aromatic N) is 3. The highest BCUT2D eigenvalue weighted by Crippen LogP contribution is 2.19. The third-order valence-corrected chi connectivity index (χ3v) is 4.27. The van der Waals surface area contributed by atoms with E-state index in [0.29, 0.717) is 37.9 Å². The summed E-state index contributed by atoms with van der Waals surface area (Å²) < 4.78 is 5.55. The van der Waals surface area contributed by atoms with Gasteiger partial charge in [0.2, 0.25) is 11.2 Å². The van der Waals surface area contributed by atoms with Gasteiger partial charge in [-0.15, -0.1) is 5.10 Å². The number of aryl methyl sites for hydroxylation is 1. The number of rotatable bonds is 5. The molecule has 2 atom stereocenters. The van der Waals surface area contributed by atoms with Crippen LogP contribution in [0.1, 0.15) is 25.1 Å². The van der Waals surface area contributed by atoms with E-state index < -0.39 is 0 Å². The van der Waals surface area contributed by atoms with Gasteiger partial charge in [0.25, 0.3) is 0 Å². The van der Waals surface area contributed by atoms with Gasteiger partial charge in [0.15, 0.2) is 0 Å². The van der Waals surface area contributed by atoms with E-state index >= 15 is 0 Å². The Morgan fingerprint density at radius 1 is 1.43 bits per heavy atom. The standard InChI is InChI=1S/C13H20ClN5O2/c14-13-16-11(17-18-13)3-4-12(20)15-9-7-21-8-10(9)19-5-1-2-6-19/h9-10H,1-8H2,(H,15,20)(H,16,17,18)/t9-,10-/m0/s1. The van der Waals surface area contributed by atoms with Crippen molar-refractivity contribution in [1.82, 2.24) is 25.4 Å². The third-order valence-electron chi connectivity index (χ3n) is 4.10. The Balaban J connectivity index is 1.47. The van der Waals surface area contributed by atoms with Crippen molar-refractivity contribution in [3.05, 3.63) is 11.1 Å². The molecule has 8 heteroatoms. The SMILES string of the molecule is O=C(CCc1nc(Cl)n[nH]1)N[C@H]1COC[C@@H]1N1CCCC1.